The smallest absolute Gasteiger partial charge is 0.321 e. The van der Waals surface area contributed by atoms with Gasteiger partial charge in [-0.05, 0) is 61.0 Å². The zero-order valence-electron chi connectivity index (χ0n) is 16.9. The highest BCUT2D eigenvalue weighted by Crippen LogP contribution is 2.40. The van der Waals surface area contributed by atoms with E-state index >= 15 is 0 Å². The molecule has 2 fully saturated rings. The van der Waals surface area contributed by atoms with Crippen molar-refractivity contribution in [3.8, 4) is 0 Å². The van der Waals surface area contributed by atoms with Gasteiger partial charge in [0.2, 0.25) is 0 Å². The Kier molecular flexibility index (Phi) is 4.55. The van der Waals surface area contributed by atoms with E-state index in [-0.39, 0.29) is 11.4 Å². The predicted molar refractivity (Wildman–Crippen MR) is 117 cm³/mol. The first-order chi connectivity index (χ1) is 14.1. The van der Waals surface area contributed by atoms with E-state index in [1.165, 1.54) is 17.4 Å². The number of likely N-dealkylation sites (tertiary alicyclic amines) is 2. The van der Waals surface area contributed by atoms with Gasteiger partial charge < -0.3 is 15.2 Å². The van der Waals surface area contributed by atoms with Crippen LogP contribution in [0.5, 0.6) is 0 Å². The molecule has 0 radical (unpaired) electrons. The number of carbonyl (C=O) groups is 1. The lowest BCUT2D eigenvalue weighted by molar-refractivity contribution is 0.210. The maximum Gasteiger partial charge on any atom is 0.321 e. The molecule has 2 amide bonds. The second-order valence-corrected chi connectivity index (χ2v) is 8.78. The number of hydrogen-bond donors (Lipinski definition) is 2. The molecule has 5 nitrogen and oxygen atoms in total. The molecular weight excluding hydrogens is 360 g/mol. The zero-order valence-corrected chi connectivity index (χ0v) is 16.9. The number of hydrogen-bond acceptors (Lipinski definition) is 2. The van der Waals surface area contributed by atoms with Gasteiger partial charge in [-0.2, -0.15) is 0 Å². The van der Waals surface area contributed by atoms with Crippen LogP contribution in [0.25, 0.3) is 10.9 Å². The van der Waals surface area contributed by atoms with Crippen molar-refractivity contribution in [1.29, 1.82) is 0 Å². The Balaban J connectivity index is 1.22. The number of H-pyrrole nitrogens is 1. The minimum Gasteiger partial charge on any atom is -0.361 e. The largest absolute Gasteiger partial charge is 0.361 e. The topological polar surface area (TPSA) is 51.4 Å². The Morgan fingerprint density at radius 1 is 1.10 bits per heavy atom. The summed E-state index contributed by atoms with van der Waals surface area (Å²) in [5.74, 6) is 0. The number of aryl methyl sites for hydroxylation is 1. The Morgan fingerprint density at radius 3 is 2.79 bits per heavy atom. The fourth-order valence-electron chi connectivity index (χ4n) is 4.99. The summed E-state index contributed by atoms with van der Waals surface area (Å²) in [6, 6.07) is 16.9. The Bertz CT molecular complexity index is 1030. The number of carbonyl (C=O) groups excluding carboxylic acids is 1. The Morgan fingerprint density at radius 2 is 1.93 bits per heavy atom. The van der Waals surface area contributed by atoms with Crippen LogP contribution >= 0.6 is 0 Å². The second kappa shape index (κ2) is 7.23. The fraction of sp³-hybridized carbons (Fsp3) is 0.375. The number of aromatic nitrogens is 1. The van der Waals surface area contributed by atoms with E-state index < -0.39 is 0 Å². The van der Waals surface area contributed by atoms with Crippen molar-refractivity contribution in [2.75, 3.05) is 31.5 Å². The van der Waals surface area contributed by atoms with Crippen molar-refractivity contribution in [3.63, 3.8) is 0 Å². The van der Waals surface area contributed by atoms with E-state index in [9.17, 15) is 4.79 Å². The number of benzene rings is 2. The molecule has 5 rings (SSSR count). The molecule has 0 saturated carbocycles. The van der Waals surface area contributed by atoms with Crippen LogP contribution in [-0.4, -0.2) is 47.0 Å². The third kappa shape index (κ3) is 3.62. The lowest BCUT2D eigenvalue weighted by Crippen LogP contribution is -2.36. The van der Waals surface area contributed by atoms with E-state index in [0.29, 0.717) is 0 Å². The summed E-state index contributed by atoms with van der Waals surface area (Å²) in [6.07, 6.45) is 4.21. The highest BCUT2D eigenvalue weighted by Gasteiger charge is 2.44. The van der Waals surface area contributed by atoms with Gasteiger partial charge in [-0.15, -0.1) is 0 Å². The van der Waals surface area contributed by atoms with Crippen LogP contribution < -0.4 is 5.32 Å². The normalized spacial score (nSPS) is 22.0. The summed E-state index contributed by atoms with van der Waals surface area (Å²) in [7, 11) is 0. The van der Waals surface area contributed by atoms with Crippen molar-refractivity contribution in [2.24, 2.45) is 5.41 Å². The van der Waals surface area contributed by atoms with Gasteiger partial charge in [-0.1, -0.05) is 30.3 Å². The first-order valence-corrected chi connectivity index (χ1v) is 10.5. The SMILES string of the molecule is Cc1cc2cc[nH]c2cc1NC(=O)N1CCC2(CCN(Cc3ccccc3)C2)C1. The number of urea groups is 1. The molecule has 1 atom stereocenters. The fourth-order valence-corrected chi connectivity index (χ4v) is 4.99. The standard InChI is InChI=1S/C24H28N4O/c1-18-13-20-7-10-25-22(20)14-21(18)26-23(29)28-12-9-24(17-28)8-11-27(16-24)15-19-5-3-2-4-6-19/h2-7,10,13-14,25H,8-9,11-12,15-17H2,1H3,(H,26,29). The molecule has 2 aromatic carbocycles. The van der Waals surface area contributed by atoms with Crippen molar-refractivity contribution in [2.45, 2.75) is 26.3 Å². The predicted octanol–water partition coefficient (Wildman–Crippen LogP) is 4.61. The Hall–Kier alpha value is -2.79. The number of nitrogens with one attached hydrogen (secondary N) is 2. The molecule has 1 aromatic heterocycles. The summed E-state index contributed by atoms with van der Waals surface area (Å²) in [5, 5.41) is 4.32. The third-order valence-corrected chi connectivity index (χ3v) is 6.63. The van der Waals surface area contributed by atoms with Crippen molar-refractivity contribution < 1.29 is 4.79 Å². The van der Waals surface area contributed by atoms with Crippen LogP contribution in [0, 0.1) is 12.3 Å². The molecule has 0 aliphatic carbocycles. The minimum atomic E-state index is 0.0254. The van der Waals surface area contributed by atoms with Gasteiger partial charge >= 0.3 is 6.03 Å². The van der Waals surface area contributed by atoms with Crippen LogP contribution in [-0.2, 0) is 6.54 Å². The molecule has 150 valence electrons. The van der Waals surface area contributed by atoms with E-state index in [1.807, 2.05) is 24.1 Å². The maximum atomic E-state index is 12.9. The minimum absolute atomic E-state index is 0.0254. The van der Waals surface area contributed by atoms with E-state index in [2.05, 4.69) is 57.7 Å². The van der Waals surface area contributed by atoms with Gasteiger partial charge in [0.1, 0.15) is 0 Å². The molecular formula is C24H28N4O. The number of amides is 2. The Labute approximate surface area is 171 Å². The molecule has 2 N–H and O–H groups in total. The molecule has 2 aliphatic heterocycles. The van der Waals surface area contributed by atoms with Crippen molar-refractivity contribution in [1.82, 2.24) is 14.8 Å². The van der Waals surface area contributed by atoms with Crippen molar-refractivity contribution in [3.05, 3.63) is 65.9 Å². The highest BCUT2D eigenvalue weighted by atomic mass is 16.2. The van der Waals surface area contributed by atoms with Crippen LogP contribution in [0.3, 0.4) is 0 Å². The van der Waals surface area contributed by atoms with Gasteiger partial charge in [-0.25, -0.2) is 4.79 Å². The summed E-state index contributed by atoms with van der Waals surface area (Å²) < 4.78 is 0. The molecule has 2 saturated heterocycles. The number of nitrogens with zero attached hydrogens (tertiary/aromatic N) is 2. The molecule has 3 heterocycles. The third-order valence-electron chi connectivity index (χ3n) is 6.63. The van der Waals surface area contributed by atoms with Crippen LogP contribution in [0.1, 0.15) is 24.0 Å². The number of anilines is 1. The average Bonchev–Trinajstić information content (AvgIpc) is 3.44. The number of aromatic amines is 1. The molecule has 5 heteroatoms. The molecule has 2 aliphatic rings. The van der Waals surface area contributed by atoms with Gasteiger partial charge in [0.25, 0.3) is 0 Å². The molecule has 1 spiro atoms. The molecule has 3 aromatic rings. The van der Waals surface area contributed by atoms with Crippen LogP contribution in [0.2, 0.25) is 0 Å². The van der Waals surface area contributed by atoms with E-state index in [0.717, 1.165) is 55.9 Å². The maximum absolute atomic E-state index is 12.9. The van der Waals surface area contributed by atoms with Crippen molar-refractivity contribution >= 4 is 22.6 Å². The zero-order chi connectivity index (χ0) is 19.8. The summed E-state index contributed by atoms with van der Waals surface area (Å²) in [5.41, 5.74) is 4.66. The second-order valence-electron chi connectivity index (χ2n) is 8.78. The molecule has 0 bridgehead atoms. The lowest BCUT2D eigenvalue weighted by Gasteiger charge is -2.25. The number of rotatable bonds is 3. The van der Waals surface area contributed by atoms with Gasteiger partial charge in [0.15, 0.2) is 0 Å². The first-order valence-electron chi connectivity index (χ1n) is 10.5. The summed E-state index contributed by atoms with van der Waals surface area (Å²) >= 11 is 0. The molecule has 1 unspecified atom stereocenters. The van der Waals surface area contributed by atoms with E-state index in [4.69, 9.17) is 0 Å². The molecule has 29 heavy (non-hydrogen) atoms. The average molecular weight is 389 g/mol. The number of fused-ring (bicyclic) bond motifs is 1. The van der Waals surface area contributed by atoms with E-state index in [1.54, 1.807) is 0 Å². The first kappa shape index (κ1) is 18.3. The van der Waals surface area contributed by atoms with Gasteiger partial charge in [0, 0.05) is 49.0 Å². The highest BCUT2D eigenvalue weighted by molar-refractivity contribution is 5.94. The summed E-state index contributed by atoms with van der Waals surface area (Å²) in [6.45, 7) is 6.95. The van der Waals surface area contributed by atoms with Crippen LogP contribution in [0.15, 0.2) is 54.7 Å². The summed E-state index contributed by atoms with van der Waals surface area (Å²) in [4.78, 5) is 20.7. The lowest BCUT2D eigenvalue weighted by atomic mass is 9.86. The van der Waals surface area contributed by atoms with Gasteiger partial charge in [-0.3, -0.25) is 4.90 Å². The van der Waals surface area contributed by atoms with Crippen LogP contribution in [0.4, 0.5) is 10.5 Å². The van der Waals surface area contributed by atoms with Gasteiger partial charge in [0.05, 0.1) is 0 Å². The quantitative estimate of drug-likeness (QED) is 0.689. The monoisotopic (exact) mass is 388 g/mol.